The Hall–Kier alpha value is -0.870. The highest BCUT2D eigenvalue weighted by Gasteiger charge is 2.22. The Morgan fingerprint density at radius 3 is 2.37 bits per heavy atom. The van der Waals surface area contributed by atoms with Gasteiger partial charge >= 0.3 is 0 Å². The topological polar surface area (TPSA) is 49.3 Å². The SMILES string of the molecule is CCC(O)(CC)CNC(=O)CCc1ccc(Br)cc1. The second-order valence-corrected chi connectivity index (χ2v) is 5.75. The molecule has 0 aliphatic rings. The molecule has 0 saturated heterocycles. The van der Waals surface area contributed by atoms with Crippen molar-refractivity contribution < 1.29 is 9.90 Å². The minimum absolute atomic E-state index is 0.0109. The van der Waals surface area contributed by atoms with Crippen LogP contribution >= 0.6 is 15.9 Å². The zero-order valence-electron chi connectivity index (χ0n) is 11.6. The zero-order valence-corrected chi connectivity index (χ0v) is 13.2. The van der Waals surface area contributed by atoms with Gasteiger partial charge < -0.3 is 10.4 Å². The molecule has 0 bridgehead atoms. The van der Waals surface area contributed by atoms with E-state index in [0.717, 1.165) is 16.5 Å². The summed E-state index contributed by atoms with van der Waals surface area (Å²) in [6, 6.07) is 7.96. The summed E-state index contributed by atoms with van der Waals surface area (Å²) >= 11 is 3.38. The van der Waals surface area contributed by atoms with Crippen LogP contribution in [0.5, 0.6) is 0 Å². The van der Waals surface area contributed by atoms with E-state index in [4.69, 9.17) is 0 Å². The predicted octanol–water partition coefficient (Wildman–Crippen LogP) is 3.05. The quantitative estimate of drug-likeness (QED) is 0.808. The molecule has 4 heteroatoms. The first-order valence-electron chi connectivity index (χ1n) is 6.72. The number of rotatable bonds is 7. The van der Waals surface area contributed by atoms with Crippen LogP contribution in [-0.4, -0.2) is 23.2 Å². The Kier molecular flexibility index (Phi) is 6.52. The average Bonchev–Trinajstić information content (AvgIpc) is 2.44. The standard InChI is InChI=1S/C15H22BrNO2/c1-3-15(19,4-2)11-17-14(18)10-7-12-5-8-13(16)9-6-12/h5-6,8-9,19H,3-4,7,10-11H2,1-2H3,(H,17,18). The lowest BCUT2D eigenvalue weighted by atomic mass is 9.97. The van der Waals surface area contributed by atoms with E-state index in [0.29, 0.717) is 25.8 Å². The number of hydrogen-bond acceptors (Lipinski definition) is 2. The van der Waals surface area contributed by atoms with Crippen LogP contribution in [0, 0.1) is 0 Å². The van der Waals surface area contributed by atoms with Gasteiger partial charge in [-0.2, -0.15) is 0 Å². The number of carbonyl (C=O) groups is 1. The number of aryl methyl sites for hydroxylation is 1. The van der Waals surface area contributed by atoms with Gasteiger partial charge in [-0.25, -0.2) is 0 Å². The van der Waals surface area contributed by atoms with Crippen molar-refractivity contribution in [2.24, 2.45) is 0 Å². The van der Waals surface area contributed by atoms with Crippen LogP contribution in [0.4, 0.5) is 0 Å². The van der Waals surface area contributed by atoms with Gasteiger partial charge in [-0.1, -0.05) is 41.9 Å². The molecule has 0 unspecified atom stereocenters. The highest BCUT2D eigenvalue weighted by molar-refractivity contribution is 9.10. The Morgan fingerprint density at radius 2 is 1.84 bits per heavy atom. The highest BCUT2D eigenvalue weighted by atomic mass is 79.9. The molecule has 0 atom stereocenters. The van der Waals surface area contributed by atoms with Gasteiger partial charge in [-0.3, -0.25) is 4.79 Å². The Balaban J connectivity index is 2.34. The van der Waals surface area contributed by atoms with Gasteiger partial charge in [0.05, 0.1) is 5.60 Å². The molecular formula is C15H22BrNO2. The van der Waals surface area contributed by atoms with Gasteiger partial charge in [-0.05, 0) is 37.0 Å². The molecule has 0 saturated carbocycles. The van der Waals surface area contributed by atoms with E-state index in [-0.39, 0.29) is 5.91 Å². The van der Waals surface area contributed by atoms with Crippen molar-refractivity contribution in [3.63, 3.8) is 0 Å². The lowest BCUT2D eigenvalue weighted by Gasteiger charge is -2.25. The summed E-state index contributed by atoms with van der Waals surface area (Å²) in [6.07, 6.45) is 2.47. The summed E-state index contributed by atoms with van der Waals surface area (Å²) in [7, 11) is 0. The largest absolute Gasteiger partial charge is 0.388 e. The Bertz CT molecular complexity index is 399. The fourth-order valence-corrected chi connectivity index (χ4v) is 2.02. The van der Waals surface area contributed by atoms with Crippen molar-refractivity contribution in [2.45, 2.75) is 45.1 Å². The van der Waals surface area contributed by atoms with Crippen molar-refractivity contribution in [3.05, 3.63) is 34.3 Å². The van der Waals surface area contributed by atoms with Gasteiger partial charge in [0, 0.05) is 17.4 Å². The molecule has 1 rings (SSSR count). The molecule has 0 aliphatic heterocycles. The molecule has 1 aromatic rings. The van der Waals surface area contributed by atoms with Crippen LogP contribution in [0.3, 0.4) is 0 Å². The van der Waals surface area contributed by atoms with Crippen LogP contribution in [0.2, 0.25) is 0 Å². The third-order valence-electron chi connectivity index (χ3n) is 3.48. The Labute approximate surface area is 123 Å². The fraction of sp³-hybridized carbons (Fsp3) is 0.533. The molecule has 19 heavy (non-hydrogen) atoms. The number of benzene rings is 1. The lowest BCUT2D eigenvalue weighted by Crippen LogP contribution is -2.42. The van der Waals surface area contributed by atoms with Crippen LogP contribution < -0.4 is 5.32 Å². The molecule has 0 aliphatic carbocycles. The van der Waals surface area contributed by atoms with E-state index in [9.17, 15) is 9.90 Å². The van der Waals surface area contributed by atoms with Crippen LogP contribution in [0.15, 0.2) is 28.7 Å². The van der Waals surface area contributed by atoms with Crippen molar-refractivity contribution in [1.82, 2.24) is 5.32 Å². The van der Waals surface area contributed by atoms with Crippen LogP contribution in [0.1, 0.15) is 38.7 Å². The van der Waals surface area contributed by atoms with E-state index in [2.05, 4.69) is 21.2 Å². The molecule has 1 amide bonds. The first-order valence-corrected chi connectivity index (χ1v) is 7.52. The molecule has 0 fully saturated rings. The minimum Gasteiger partial charge on any atom is -0.388 e. The number of halogens is 1. The number of nitrogens with one attached hydrogen (secondary N) is 1. The maximum Gasteiger partial charge on any atom is 0.220 e. The van der Waals surface area contributed by atoms with Crippen molar-refractivity contribution in [2.75, 3.05) is 6.54 Å². The van der Waals surface area contributed by atoms with Gasteiger partial charge in [0.15, 0.2) is 0 Å². The second kappa shape index (κ2) is 7.65. The lowest BCUT2D eigenvalue weighted by molar-refractivity contribution is -0.122. The molecule has 0 spiro atoms. The zero-order chi connectivity index (χ0) is 14.3. The van der Waals surface area contributed by atoms with E-state index in [1.165, 1.54) is 0 Å². The second-order valence-electron chi connectivity index (χ2n) is 4.83. The van der Waals surface area contributed by atoms with Gasteiger partial charge in [0.1, 0.15) is 0 Å². The summed E-state index contributed by atoms with van der Waals surface area (Å²) in [5.74, 6) is -0.0109. The molecular weight excluding hydrogens is 306 g/mol. The van der Waals surface area contributed by atoms with E-state index >= 15 is 0 Å². The van der Waals surface area contributed by atoms with Crippen molar-refractivity contribution >= 4 is 21.8 Å². The van der Waals surface area contributed by atoms with Gasteiger partial charge in [0.25, 0.3) is 0 Å². The summed E-state index contributed by atoms with van der Waals surface area (Å²) in [5.41, 5.74) is 0.368. The van der Waals surface area contributed by atoms with Gasteiger partial charge in [0.2, 0.25) is 5.91 Å². The van der Waals surface area contributed by atoms with Crippen LogP contribution in [-0.2, 0) is 11.2 Å². The molecule has 0 aromatic heterocycles. The molecule has 1 aromatic carbocycles. The van der Waals surface area contributed by atoms with Crippen LogP contribution in [0.25, 0.3) is 0 Å². The Morgan fingerprint density at radius 1 is 1.26 bits per heavy atom. The smallest absolute Gasteiger partial charge is 0.220 e. The maximum atomic E-state index is 11.7. The van der Waals surface area contributed by atoms with E-state index in [1.807, 2.05) is 38.1 Å². The molecule has 3 nitrogen and oxygen atoms in total. The summed E-state index contributed by atoms with van der Waals surface area (Å²) in [6.45, 7) is 4.19. The summed E-state index contributed by atoms with van der Waals surface area (Å²) in [4.78, 5) is 11.7. The number of carbonyl (C=O) groups excluding carboxylic acids is 1. The first-order chi connectivity index (χ1) is 8.99. The third kappa shape index (κ3) is 5.74. The normalized spacial score (nSPS) is 11.4. The number of hydrogen-bond donors (Lipinski definition) is 2. The fourth-order valence-electron chi connectivity index (χ4n) is 1.76. The molecule has 2 N–H and O–H groups in total. The first kappa shape index (κ1) is 16.2. The summed E-state index contributed by atoms with van der Waals surface area (Å²) < 4.78 is 1.04. The summed E-state index contributed by atoms with van der Waals surface area (Å²) in [5, 5.41) is 12.9. The van der Waals surface area contributed by atoms with Crippen molar-refractivity contribution in [1.29, 1.82) is 0 Å². The average molecular weight is 328 g/mol. The monoisotopic (exact) mass is 327 g/mol. The third-order valence-corrected chi connectivity index (χ3v) is 4.01. The van der Waals surface area contributed by atoms with E-state index in [1.54, 1.807) is 0 Å². The molecule has 106 valence electrons. The predicted molar refractivity (Wildman–Crippen MR) is 81.0 cm³/mol. The van der Waals surface area contributed by atoms with Crippen molar-refractivity contribution in [3.8, 4) is 0 Å². The number of amides is 1. The van der Waals surface area contributed by atoms with E-state index < -0.39 is 5.60 Å². The minimum atomic E-state index is -0.771. The van der Waals surface area contributed by atoms with Gasteiger partial charge in [-0.15, -0.1) is 0 Å². The molecule has 0 radical (unpaired) electrons. The highest BCUT2D eigenvalue weighted by Crippen LogP contribution is 2.14. The molecule has 0 heterocycles. The maximum absolute atomic E-state index is 11.7. The number of aliphatic hydroxyl groups is 1.